The number of halogens is 1. The zero-order chi connectivity index (χ0) is 18.3. The van der Waals surface area contributed by atoms with Gasteiger partial charge in [0.2, 0.25) is 10.0 Å². The molecule has 26 heavy (non-hydrogen) atoms. The van der Waals surface area contributed by atoms with Crippen LogP contribution in [0.15, 0.2) is 23.2 Å². The van der Waals surface area contributed by atoms with Gasteiger partial charge in [-0.3, -0.25) is 4.99 Å². The van der Waals surface area contributed by atoms with Gasteiger partial charge in [0.1, 0.15) is 0 Å². The van der Waals surface area contributed by atoms with Crippen LogP contribution in [0.1, 0.15) is 13.3 Å². The molecule has 1 aliphatic rings. The minimum Gasteiger partial charge on any atom is -0.493 e. The summed E-state index contributed by atoms with van der Waals surface area (Å²) < 4.78 is 35.9. The van der Waals surface area contributed by atoms with Crippen molar-refractivity contribution in [2.45, 2.75) is 13.3 Å². The fourth-order valence-electron chi connectivity index (χ4n) is 2.58. The standard InChI is InChI=1S/C16H26N4O4S.HI/c1-4-24-14-7-6-13(12-15(14)23-3)19-16(17-2)18-8-10-20-9-5-11-25(20,21)22;/h6-7,12H,4-5,8-11H2,1-3H3,(H2,17,18,19);1H. The van der Waals surface area contributed by atoms with Crippen molar-refractivity contribution in [2.24, 2.45) is 4.99 Å². The molecule has 0 unspecified atom stereocenters. The number of nitrogens with zero attached hydrogens (tertiary/aromatic N) is 2. The Hall–Kier alpha value is -1.27. The second-order valence-corrected chi connectivity index (χ2v) is 7.58. The minimum atomic E-state index is -3.07. The van der Waals surface area contributed by atoms with E-state index in [1.807, 2.05) is 25.1 Å². The third kappa shape index (κ3) is 6.16. The largest absolute Gasteiger partial charge is 0.493 e. The van der Waals surface area contributed by atoms with Crippen LogP contribution in [0.5, 0.6) is 11.5 Å². The molecular formula is C16H27IN4O4S. The lowest BCUT2D eigenvalue weighted by Crippen LogP contribution is -2.38. The second-order valence-electron chi connectivity index (χ2n) is 5.49. The molecule has 10 heteroatoms. The molecule has 1 saturated heterocycles. The summed E-state index contributed by atoms with van der Waals surface area (Å²) in [6, 6.07) is 5.52. The van der Waals surface area contributed by atoms with Crippen molar-refractivity contribution >= 4 is 45.6 Å². The Kier molecular flexibility index (Phi) is 9.44. The molecule has 0 spiro atoms. The zero-order valence-corrected chi connectivity index (χ0v) is 18.5. The normalized spacial score (nSPS) is 16.7. The number of hydrogen-bond donors (Lipinski definition) is 2. The summed E-state index contributed by atoms with van der Waals surface area (Å²) in [6.45, 7) is 3.97. The number of nitrogens with one attached hydrogen (secondary N) is 2. The fraction of sp³-hybridized carbons (Fsp3) is 0.562. The molecule has 2 rings (SSSR count). The van der Waals surface area contributed by atoms with Crippen molar-refractivity contribution in [1.29, 1.82) is 0 Å². The van der Waals surface area contributed by atoms with Crippen LogP contribution >= 0.6 is 24.0 Å². The van der Waals surface area contributed by atoms with Gasteiger partial charge >= 0.3 is 0 Å². The molecule has 1 heterocycles. The van der Waals surface area contributed by atoms with Crippen molar-refractivity contribution < 1.29 is 17.9 Å². The van der Waals surface area contributed by atoms with Crippen LogP contribution < -0.4 is 20.1 Å². The van der Waals surface area contributed by atoms with Crippen molar-refractivity contribution in [2.75, 3.05) is 51.5 Å². The molecule has 1 aliphatic heterocycles. The number of hydrogen-bond acceptors (Lipinski definition) is 5. The topological polar surface area (TPSA) is 92.3 Å². The van der Waals surface area contributed by atoms with E-state index in [9.17, 15) is 8.42 Å². The number of benzene rings is 1. The van der Waals surface area contributed by atoms with E-state index in [2.05, 4.69) is 15.6 Å². The lowest BCUT2D eigenvalue weighted by Gasteiger charge is -2.17. The van der Waals surface area contributed by atoms with Crippen molar-refractivity contribution in [3.05, 3.63) is 18.2 Å². The van der Waals surface area contributed by atoms with E-state index < -0.39 is 10.0 Å². The first-order chi connectivity index (χ1) is 12.0. The van der Waals surface area contributed by atoms with Crippen LogP contribution in [0.2, 0.25) is 0 Å². The molecule has 1 fully saturated rings. The summed E-state index contributed by atoms with van der Waals surface area (Å²) in [5.74, 6) is 2.11. The van der Waals surface area contributed by atoms with Gasteiger partial charge in [-0.05, 0) is 25.5 Å². The molecule has 0 aromatic heterocycles. The van der Waals surface area contributed by atoms with Crippen molar-refractivity contribution in [3.63, 3.8) is 0 Å². The third-order valence-electron chi connectivity index (χ3n) is 3.81. The first-order valence-electron chi connectivity index (χ1n) is 8.26. The van der Waals surface area contributed by atoms with E-state index in [1.165, 1.54) is 4.31 Å². The molecule has 0 amide bonds. The van der Waals surface area contributed by atoms with Gasteiger partial charge in [-0.15, -0.1) is 24.0 Å². The smallest absolute Gasteiger partial charge is 0.214 e. The highest BCUT2D eigenvalue weighted by Crippen LogP contribution is 2.30. The van der Waals surface area contributed by atoms with Crippen molar-refractivity contribution in [3.8, 4) is 11.5 Å². The van der Waals surface area contributed by atoms with Gasteiger partial charge in [0, 0.05) is 38.4 Å². The van der Waals surface area contributed by atoms with E-state index >= 15 is 0 Å². The van der Waals surface area contributed by atoms with Gasteiger partial charge in [0.25, 0.3) is 0 Å². The van der Waals surface area contributed by atoms with Crippen LogP contribution in [0.25, 0.3) is 0 Å². The molecule has 2 N–H and O–H groups in total. The molecule has 0 atom stereocenters. The van der Waals surface area contributed by atoms with E-state index in [0.717, 1.165) is 5.69 Å². The highest BCUT2D eigenvalue weighted by Gasteiger charge is 2.27. The number of sulfonamides is 1. The summed E-state index contributed by atoms with van der Waals surface area (Å²) in [6.07, 6.45) is 0.696. The quantitative estimate of drug-likeness (QED) is 0.338. The molecule has 8 nitrogen and oxygen atoms in total. The van der Waals surface area contributed by atoms with Gasteiger partial charge in [-0.25, -0.2) is 12.7 Å². The van der Waals surface area contributed by atoms with Gasteiger partial charge in [-0.2, -0.15) is 0 Å². The lowest BCUT2D eigenvalue weighted by molar-refractivity contribution is 0.311. The Labute approximate surface area is 172 Å². The first kappa shape index (κ1) is 22.8. The minimum absolute atomic E-state index is 0. The zero-order valence-electron chi connectivity index (χ0n) is 15.3. The SMILES string of the molecule is CCOc1ccc(NC(=NC)NCCN2CCCS2(=O)=O)cc1OC.I. The van der Waals surface area contributed by atoms with Gasteiger partial charge in [-0.1, -0.05) is 0 Å². The summed E-state index contributed by atoms with van der Waals surface area (Å²) in [5, 5.41) is 6.27. The Morgan fingerprint density at radius 3 is 2.69 bits per heavy atom. The molecule has 0 aliphatic carbocycles. The third-order valence-corrected chi connectivity index (χ3v) is 5.76. The molecular weight excluding hydrogens is 471 g/mol. The number of anilines is 1. The van der Waals surface area contributed by atoms with E-state index in [-0.39, 0.29) is 29.7 Å². The average Bonchev–Trinajstić information content (AvgIpc) is 2.93. The Morgan fingerprint density at radius 1 is 1.35 bits per heavy atom. The van der Waals surface area contributed by atoms with Gasteiger partial charge in [0.15, 0.2) is 17.5 Å². The Bertz CT molecular complexity index is 712. The van der Waals surface area contributed by atoms with E-state index in [4.69, 9.17) is 9.47 Å². The summed E-state index contributed by atoms with van der Waals surface area (Å²) in [7, 11) is 0.182. The summed E-state index contributed by atoms with van der Waals surface area (Å²) in [4.78, 5) is 4.15. The van der Waals surface area contributed by atoms with E-state index in [1.54, 1.807) is 14.2 Å². The number of ether oxygens (including phenoxy) is 2. The maximum atomic E-state index is 11.8. The molecule has 1 aromatic carbocycles. The average molecular weight is 498 g/mol. The number of guanidine groups is 1. The summed E-state index contributed by atoms with van der Waals surface area (Å²) >= 11 is 0. The predicted octanol–water partition coefficient (Wildman–Crippen LogP) is 1.73. The highest BCUT2D eigenvalue weighted by molar-refractivity contribution is 14.0. The molecule has 148 valence electrons. The van der Waals surface area contributed by atoms with Crippen LogP contribution in [0, 0.1) is 0 Å². The fourth-order valence-corrected chi connectivity index (χ4v) is 4.11. The lowest BCUT2D eigenvalue weighted by atomic mass is 10.2. The maximum Gasteiger partial charge on any atom is 0.214 e. The van der Waals surface area contributed by atoms with Crippen molar-refractivity contribution in [1.82, 2.24) is 9.62 Å². The molecule has 0 radical (unpaired) electrons. The van der Waals surface area contributed by atoms with Crippen LogP contribution in [0.3, 0.4) is 0 Å². The molecule has 0 saturated carbocycles. The highest BCUT2D eigenvalue weighted by atomic mass is 127. The Balaban J connectivity index is 0.00000338. The predicted molar refractivity (Wildman–Crippen MR) is 115 cm³/mol. The Morgan fingerprint density at radius 2 is 2.12 bits per heavy atom. The monoisotopic (exact) mass is 498 g/mol. The maximum absolute atomic E-state index is 11.8. The second kappa shape index (κ2) is 10.8. The van der Waals surface area contributed by atoms with Crippen LogP contribution in [0.4, 0.5) is 5.69 Å². The van der Waals surface area contributed by atoms with Gasteiger partial charge in [0.05, 0.1) is 19.5 Å². The first-order valence-corrected chi connectivity index (χ1v) is 9.87. The summed E-state index contributed by atoms with van der Waals surface area (Å²) in [5.41, 5.74) is 0.794. The van der Waals surface area contributed by atoms with E-state index in [0.29, 0.717) is 50.1 Å². The van der Waals surface area contributed by atoms with Crippen LogP contribution in [-0.4, -0.2) is 64.8 Å². The number of rotatable bonds is 7. The van der Waals surface area contributed by atoms with Crippen LogP contribution in [-0.2, 0) is 10.0 Å². The number of methoxy groups -OCH3 is 1. The number of aliphatic imine (C=N–C) groups is 1. The van der Waals surface area contributed by atoms with Gasteiger partial charge < -0.3 is 20.1 Å². The molecule has 0 bridgehead atoms. The molecule has 1 aromatic rings.